The summed E-state index contributed by atoms with van der Waals surface area (Å²) in [5.74, 6) is 0.692. The van der Waals surface area contributed by atoms with Crippen molar-refractivity contribution < 1.29 is 0 Å². The van der Waals surface area contributed by atoms with Gasteiger partial charge in [-0.15, -0.1) is 0 Å². The summed E-state index contributed by atoms with van der Waals surface area (Å²) in [6, 6.07) is 49.3. The van der Waals surface area contributed by atoms with Crippen LogP contribution in [0.15, 0.2) is 151 Å². The lowest BCUT2D eigenvalue weighted by Crippen LogP contribution is -2.20. The maximum Gasteiger partial charge on any atom is 0.160 e. The molecular weight excluding hydrogens is 548 g/mol. The van der Waals surface area contributed by atoms with E-state index in [1.165, 1.54) is 0 Å². The molecular formula is C41H32N4. The van der Waals surface area contributed by atoms with Crippen LogP contribution in [0.25, 0.3) is 51.4 Å². The summed E-state index contributed by atoms with van der Waals surface area (Å²) in [6.45, 7) is 2.12. The van der Waals surface area contributed by atoms with E-state index in [0.29, 0.717) is 18.0 Å². The topological polar surface area (TPSA) is 61.7 Å². The minimum Gasteiger partial charge on any atom is -0.354 e. The van der Waals surface area contributed by atoms with Crippen molar-refractivity contribution in [3.63, 3.8) is 0 Å². The number of aromatic nitrogens is 2. The zero-order chi connectivity index (χ0) is 30.6. The molecule has 1 aliphatic heterocycles. The van der Waals surface area contributed by atoms with Crippen molar-refractivity contribution in [1.82, 2.24) is 15.3 Å². The van der Waals surface area contributed by atoms with Crippen molar-refractivity contribution in [2.24, 2.45) is 0 Å². The van der Waals surface area contributed by atoms with Crippen molar-refractivity contribution in [3.8, 4) is 33.9 Å². The number of fused-ring (bicyclic) bond motifs is 1. The predicted molar refractivity (Wildman–Crippen MR) is 186 cm³/mol. The van der Waals surface area contributed by atoms with Gasteiger partial charge in [0.15, 0.2) is 5.82 Å². The maximum atomic E-state index is 9.19. The van der Waals surface area contributed by atoms with Gasteiger partial charge in [-0.05, 0) is 41.3 Å². The molecule has 4 heteroatoms. The van der Waals surface area contributed by atoms with E-state index in [2.05, 4.69) is 79.0 Å². The number of hydrogen-bond donors (Lipinski definition) is 2. The lowest BCUT2D eigenvalue weighted by Gasteiger charge is -2.26. The molecule has 0 atom stereocenters. The largest absolute Gasteiger partial charge is 0.354 e. The molecule has 0 saturated heterocycles. The first-order chi connectivity index (χ1) is 22.2. The van der Waals surface area contributed by atoms with Crippen LogP contribution < -0.4 is 5.32 Å². The highest BCUT2D eigenvalue weighted by Crippen LogP contribution is 2.36. The summed E-state index contributed by atoms with van der Waals surface area (Å²) in [5.41, 5.74) is 12.4. The quantitative estimate of drug-likeness (QED) is 0.185. The first kappa shape index (κ1) is 27.9. The second-order valence-electron chi connectivity index (χ2n) is 11.0. The van der Waals surface area contributed by atoms with E-state index in [1.807, 2.05) is 84.9 Å². The van der Waals surface area contributed by atoms with Gasteiger partial charge in [0.2, 0.25) is 0 Å². The minimum absolute atomic E-state index is 0.528. The molecule has 0 saturated carbocycles. The highest BCUT2D eigenvalue weighted by molar-refractivity contribution is 6.16. The van der Waals surface area contributed by atoms with Gasteiger partial charge in [-0.2, -0.15) is 0 Å². The fraction of sp³-hybridized carbons (Fsp3) is 0.0488. The normalized spacial score (nSPS) is 13.3. The molecule has 0 spiro atoms. The average molecular weight is 581 g/mol. The van der Waals surface area contributed by atoms with Gasteiger partial charge in [0.05, 0.1) is 22.8 Å². The molecule has 45 heavy (non-hydrogen) atoms. The third-order valence-corrected chi connectivity index (χ3v) is 8.11. The molecule has 5 aromatic carbocycles. The summed E-state index contributed by atoms with van der Waals surface area (Å²) in [4.78, 5) is 10.0. The zero-order valence-corrected chi connectivity index (χ0v) is 25.0. The predicted octanol–water partition coefficient (Wildman–Crippen LogP) is 9.77. The first-order valence-electron chi connectivity index (χ1n) is 15.2. The van der Waals surface area contributed by atoms with Crippen LogP contribution in [-0.4, -0.2) is 15.7 Å². The Morgan fingerprint density at radius 1 is 0.600 bits per heavy atom. The van der Waals surface area contributed by atoms with Crippen molar-refractivity contribution in [1.29, 1.82) is 5.41 Å². The lowest BCUT2D eigenvalue weighted by molar-refractivity contribution is 1.11. The van der Waals surface area contributed by atoms with E-state index in [9.17, 15) is 5.41 Å². The Bertz CT molecular complexity index is 1990. The summed E-state index contributed by atoms with van der Waals surface area (Å²) >= 11 is 0. The van der Waals surface area contributed by atoms with Crippen LogP contribution >= 0.6 is 0 Å². The number of nitrogens with zero attached hydrogens (tertiary/aromatic N) is 2. The number of hydrogen-bond acceptors (Lipinski definition) is 4. The molecule has 0 amide bonds. The highest BCUT2D eigenvalue weighted by atomic mass is 14.9. The van der Waals surface area contributed by atoms with Crippen LogP contribution in [0.4, 0.5) is 0 Å². The van der Waals surface area contributed by atoms with E-state index in [1.54, 1.807) is 0 Å². The number of nitrogens with one attached hydrogen (secondary N) is 2. The second kappa shape index (κ2) is 12.4. The molecule has 4 nitrogen and oxygen atoms in total. The van der Waals surface area contributed by atoms with Crippen molar-refractivity contribution >= 4 is 23.2 Å². The Balaban J connectivity index is 1.41. The Morgan fingerprint density at radius 2 is 1.16 bits per heavy atom. The Hall–Kier alpha value is -5.87. The SMILES string of the molecule is CC/C(C(=N)c1ccccc1)=C1/NC(c2ccccc2)=Cc2cc(-c3cc(-c4ccccc4)nc(-c4ccccc4)n3)ccc21. The van der Waals surface area contributed by atoms with Crippen molar-refractivity contribution in [3.05, 3.63) is 173 Å². The first-order valence-corrected chi connectivity index (χ1v) is 15.2. The van der Waals surface area contributed by atoms with Crippen LogP contribution in [0.3, 0.4) is 0 Å². The number of allylic oxidation sites excluding steroid dienone is 1. The molecule has 0 fully saturated rings. The van der Waals surface area contributed by atoms with Crippen LogP contribution in [0.2, 0.25) is 0 Å². The molecule has 216 valence electrons. The van der Waals surface area contributed by atoms with E-state index >= 15 is 0 Å². The molecule has 0 radical (unpaired) electrons. The summed E-state index contributed by atoms with van der Waals surface area (Å²) in [5, 5.41) is 12.9. The summed E-state index contributed by atoms with van der Waals surface area (Å²) < 4.78 is 0. The standard InChI is InChI=1S/C41H32N4/c1-2-34(39(42)30-19-11-5-12-20-30)40-35-24-23-32(25-33(35)26-36(43-40)28-15-7-3-8-16-28)38-27-37(29-17-9-4-10-18-29)44-41(45-38)31-21-13-6-14-22-31/h3-27,42-43H,2H2,1H3/b40-34-,42-39?. The smallest absolute Gasteiger partial charge is 0.160 e. The van der Waals surface area contributed by atoms with Gasteiger partial charge in [-0.1, -0.05) is 140 Å². The van der Waals surface area contributed by atoms with E-state index < -0.39 is 0 Å². The summed E-state index contributed by atoms with van der Waals surface area (Å²) in [7, 11) is 0. The summed E-state index contributed by atoms with van der Waals surface area (Å²) in [6.07, 6.45) is 2.92. The maximum absolute atomic E-state index is 9.19. The highest BCUT2D eigenvalue weighted by Gasteiger charge is 2.22. The minimum atomic E-state index is 0.528. The Kier molecular flexibility index (Phi) is 7.69. The van der Waals surface area contributed by atoms with Gasteiger partial charge in [-0.25, -0.2) is 9.97 Å². The van der Waals surface area contributed by atoms with Gasteiger partial charge in [0.25, 0.3) is 0 Å². The Morgan fingerprint density at radius 3 is 1.78 bits per heavy atom. The number of benzene rings is 5. The molecule has 1 aromatic heterocycles. The molecule has 6 aromatic rings. The monoisotopic (exact) mass is 580 g/mol. The van der Waals surface area contributed by atoms with Crippen molar-refractivity contribution in [2.45, 2.75) is 13.3 Å². The van der Waals surface area contributed by atoms with E-state index in [4.69, 9.17) is 9.97 Å². The molecule has 7 rings (SSSR count). The molecule has 0 bridgehead atoms. The third-order valence-electron chi connectivity index (χ3n) is 8.11. The van der Waals surface area contributed by atoms with Crippen LogP contribution in [0.5, 0.6) is 0 Å². The van der Waals surface area contributed by atoms with E-state index in [-0.39, 0.29) is 0 Å². The fourth-order valence-corrected chi connectivity index (χ4v) is 5.80. The molecule has 0 unspecified atom stereocenters. The van der Waals surface area contributed by atoms with Crippen LogP contribution in [-0.2, 0) is 0 Å². The second-order valence-corrected chi connectivity index (χ2v) is 11.0. The van der Waals surface area contributed by atoms with Crippen molar-refractivity contribution in [2.75, 3.05) is 0 Å². The van der Waals surface area contributed by atoms with Crippen LogP contribution in [0, 0.1) is 5.41 Å². The molecule has 2 N–H and O–H groups in total. The fourth-order valence-electron chi connectivity index (χ4n) is 5.80. The third kappa shape index (κ3) is 5.74. The molecule has 0 aliphatic carbocycles. The van der Waals surface area contributed by atoms with Gasteiger partial charge in [0, 0.05) is 33.5 Å². The number of rotatable bonds is 7. The van der Waals surface area contributed by atoms with Gasteiger partial charge in [0.1, 0.15) is 0 Å². The van der Waals surface area contributed by atoms with E-state index in [0.717, 1.165) is 67.3 Å². The van der Waals surface area contributed by atoms with Gasteiger partial charge in [-0.3, -0.25) is 5.41 Å². The lowest BCUT2D eigenvalue weighted by atomic mass is 9.89. The van der Waals surface area contributed by atoms with Crippen LogP contribution in [0.1, 0.15) is 35.6 Å². The molecule has 1 aliphatic rings. The molecule has 2 heterocycles. The zero-order valence-electron chi connectivity index (χ0n) is 25.0. The Labute approximate surface area is 264 Å². The van der Waals surface area contributed by atoms with Gasteiger partial charge < -0.3 is 5.32 Å². The average Bonchev–Trinajstić information content (AvgIpc) is 3.12. The van der Waals surface area contributed by atoms with Gasteiger partial charge >= 0.3 is 0 Å².